The van der Waals surface area contributed by atoms with Crippen molar-refractivity contribution in [2.45, 2.75) is 25.4 Å². The van der Waals surface area contributed by atoms with Crippen molar-refractivity contribution in [1.82, 2.24) is 0 Å². The zero-order chi connectivity index (χ0) is 14.7. The third-order valence-electron chi connectivity index (χ3n) is 3.94. The van der Waals surface area contributed by atoms with Crippen LogP contribution in [0.3, 0.4) is 0 Å². The lowest BCUT2D eigenvalue weighted by Crippen LogP contribution is -2.20. The molecule has 0 spiro atoms. The highest BCUT2D eigenvalue weighted by Gasteiger charge is 2.25. The van der Waals surface area contributed by atoms with Gasteiger partial charge in [0.25, 0.3) is 0 Å². The lowest BCUT2D eigenvalue weighted by molar-refractivity contribution is 0.199. The molecule has 110 valence electrons. The first-order valence-electron chi connectivity index (χ1n) is 7.29. The van der Waals surface area contributed by atoms with Gasteiger partial charge in [0, 0.05) is 16.8 Å². The van der Waals surface area contributed by atoms with Gasteiger partial charge in [-0.1, -0.05) is 57.9 Å². The summed E-state index contributed by atoms with van der Waals surface area (Å²) < 4.78 is 6.05. The Morgan fingerprint density at radius 1 is 1.19 bits per heavy atom. The van der Waals surface area contributed by atoms with Gasteiger partial charge in [0.1, 0.15) is 11.9 Å². The second-order valence-electron chi connectivity index (χ2n) is 5.64. The molecule has 3 rings (SSSR count). The number of fused-ring (bicyclic) bond motifs is 1. The van der Waals surface area contributed by atoms with Crippen LogP contribution in [0.1, 0.15) is 17.5 Å². The molecule has 0 aromatic heterocycles. The molecule has 1 aliphatic heterocycles. The molecular weight excluding hydrogens is 348 g/mol. The molecule has 0 aliphatic carbocycles. The number of ether oxygens (including phenoxy) is 1. The van der Waals surface area contributed by atoms with Crippen molar-refractivity contribution in [2.24, 2.45) is 5.92 Å². The summed E-state index contributed by atoms with van der Waals surface area (Å²) in [4.78, 5) is 0. The molecular formula is C18H18BrClO. The number of benzene rings is 2. The molecule has 1 nitrogen and oxygen atoms in total. The summed E-state index contributed by atoms with van der Waals surface area (Å²) in [6.07, 6.45) is 3.41. The van der Waals surface area contributed by atoms with Gasteiger partial charge in [0.05, 0.1) is 0 Å². The highest BCUT2D eigenvalue weighted by atomic mass is 79.9. The topological polar surface area (TPSA) is 9.23 Å². The molecule has 0 amide bonds. The van der Waals surface area contributed by atoms with Crippen LogP contribution in [0, 0.1) is 5.92 Å². The fourth-order valence-electron chi connectivity index (χ4n) is 2.96. The van der Waals surface area contributed by atoms with Gasteiger partial charge in [-0.2, -0.15) is 0 Å². The average Bonchev–Trinajstić information content (AvgIpc) is 2.89. The van der Waals surface area contributed by atoms with Crippen molar-refractivity contribution in [3.63, 3.8) is 0 Å². The average molecular weight is 366 g/mol. The number of hydrogen-bond acceptors (Lipinski definition) is 1. The Morgan fingerprint density at radius 3 is 2.81 bits per heavy atom. The Morgan fingerprint density at radius 2 is 2.05 bits per heavy atom. The van der Waals surface area contributed by atoms with E-state index in [2.05, 4.69) is 46.3 Å². The van der Waals surface area contributed by atoms with Gasteiger partial charge in [0.2, 0.25) is 0 Å². The maximum Gasteiger partial charge on any atom is 0.123 e. The second kappa shape index (κ2) is 6.85. The van der Waals surface area contributed by atoms with Crippen molar-refractivity contribution >= 4 is 27.5 Å². The molecule has 0 radical (unpaired) electrons. The van der Waals surface area contributed by atoms with Crippen molar-refractivity contribution in [2.75, 3.05) is 5.33 Å². The van der Waals surface area contributed by atoms with Gasteiger partial charge < -0.3 is 4.74 Å². The van der Waals surface area contributed by atoms with Gasteiger partial charge >= 0.3 is 0 Å². The predicted octanol–water partition coefficient (Wildman–Crippen LogP) is 5.29. The molecule has 0 saturated heterocycles. The van der Waals surface area contributed by atoms with Gasteiger partial charge in [-0.05, 0) is 48.1 Å². The molecule has 21 heavy (non-hydrogen) atoms. The highest BCUT2D eigenvalue weighted by molar-refractivity contribution is 9.09. The first kappa shape index (κ1) is 14.9. The van der Waals surface area contributed by atoms with Crippen LogP contribution in [0.4, 0.5) is 0 Å². The van der Waals surface area contributed by atoms with Crippen molar-refractivity contribution in [3.05, 3.63) is 64.7 Å². The smallest absolute Gasteiger partial charge is 0.123 e. The lowest BCUT2D eigenvalue weighted by Gasteiger charge is -2.19. The first-order valence-corrected chi connectivity index (χ1v) is 8.79. The van der Waals surface area contributed by atoms with Gasteiger partial charge in [-0.3, -0.25) is 0 Å². The van der Waals surface area contributed by atoms with E-state index < -0.39 is 0 Å². The molecule has 2 aromatic rings. The quantitative estimate of drug-likeness (QED) is 0.654. The van der Waals surface area contributed by atoms with E-state index in [1.54, 1.807) is 0 Å². The summed E-state index contributed by atoms with van der Waals surface area (Å²) in [7, 11) is 0. The SMILES string of the molecule is Clc1cccc(CC(CBr)CC2Cc3ccccc3O2)c1. The molecule has 0 bridgehead atoms. The lowest BCUT2D eigenvalue weighted by atomic mass is 9.94. The standard InChI is InChI=1S/C18H18BrClO/c19-12-14(8-13-4-3-6-16(20)9-13)10-17-11-15-5-1-2-7-18(15)21-17/h1-7,9,14,17H,8,10-12H2. The van der Waals surface area contributed by atoms with Crippen LogP contribution in [0.25, 0.3) is 0 Å². The molecule has 0 N–H and O–H groups in total. The van der Waals surface area contributed by atoms with E-state index in [1.807, 2.05) is 18.2 Å². The fourth-order valence-corrected chi connectivity index (χ4v) is 3.66. The zero-order valence-corrected chi connectivity index (χ0v) is 14.1. The van der Waals surface area contributed by atoms with Gasteiger partial charge in [0.15, 0.2) is 0 Å². The Kier molecular flexibility index (Phi) is 4.87. The van der Waals surface area contributed by atoms with Crippen molar-refractivity contribution < 1.29 is 4.74 Å². The van der Waals surface area contributed by atoms with E-state index in [0.717, 1.165) is 35.4 Å². The van der Waals surface area contributed by atoms with Crippen molar-refractivity contribution in [3.8, 4) is 5.75 Å². The second-order valence-corrected chi connectivity index (χ2v) is 6.73. The van der Waals surface area contributed by atoms with Crippen LogP contribution in [-0.4, -0.2) is 11.4 Å². The molecule has 2 aromatic carbocycles. The monoisotopic (exact) mass is 364 g/mol. The third kappa shape index (κ3) is 3.81. The van der Waals surface area contributed by atoms with Crippen LogP contribution in [0.15, 0.2) is 48.5 Å². The van der Waals surface area contributed by atoms with Crippen LogP contribution in [0.5, 0.6) is 5.75 Å². The van der Waals surface area contributed by atoms with E-state index >= 15 is 0 Å². The van der Waals surface area contributed by atoms with E-state index in [4.69, 9.17) is 16.3 Å². The molecule has 1 aliphatic rings. The minimum atomic E-state index is 0.295. The van der Waals surface area contributed by atoms with Crippen LogP contribution in [-0.2, 0) is 12.8 Å². The Balaban J connectivity index is 1.61. The maximum absolute atomic E-state index is 6.07. The third-order valence-corrected chi connectivity index (χ3v) is 5.09. The molecule has 2 unspecified atom stereocenters. The molecule has 1 heterocycles. The molecule has 3 heteroatoms. The number of hydrogen-bond donors (Lipinski definition) is 0. The van der Waals surface area contributed by atoms with E-state index in [1.165, 1.54) is 11.1 Å². The molecule has 2 atom stereocenters. The Hall–Kier alpha value is -0.990. The summed E-state index contributed by atoms with van der Waals surface area (Å²) in [6.45, 7) is 0. The summed E-state index contributed by atoms with van der Waals surface area (Å²) in [5, 5.41) is 1.79. The number of rotatable bonds is 5. The maximum atomic E-state index is 6.07. The number of halogens is 2. The molecule has 0 saturated carbocycles. The van der Waals surface area contributed by atoms with E-state index in [9.17, 15) is 0 Å². The predicted molar refractivity (Wildman–Crippen MR) is 91.6 cm³/mol. The number of alkyl halides is 1. The van der Waals surface area contributed by atoms with Gasteiger partial charge in [-0.15, -0.1) is 0 Å². The highest BCUT2D eigenvalue weighted by Crippen LogP contribution is 2.32. The normalized spacial score (nSPS) is 18.1. The Bertz CT molecular complexity index is 589. The summed E-state index contributed by atoms with van der Waals surface area (Å²) >= 11 is 9.71. The zero-order valence-electron chi connectivity index (χ0n) is 11.8. The molecule has 0 fully saturated rings. The van der Waals surface area contributed by atoms with Crippen LogP contribution < -0.4 is 4.74 Å². The summed E-state index contributed by atoms with van der Waals surface area (Å²) in [6, 6.07) is 16.5. The summed E-state index contributed by atoms with van der Waals surface area (Å²) in [5.74, 6) is 1.61. The Labute approximate surface area is 139 Å². The summed E-state index contributed by atoms with van der Waals surface area (Å²) in [5.41, 5.74) is 2.63. The minimum absolute atomic E-state index is 0.295. The fraction of sp³-hybridized carbons (Fsp3) is 0.333. The number of para-hydroxylation sites is 1. The minimum Gasteiger partial charge on any atom is -0.490 e. The largest absolute Gasteiger partial charge is 0.490 e. The van der Waals surface area contributed by atoms with Crippen LogP contribution in [0.2, 0.25) is 5.02 Å². The first-order chi connectivity index (χ1) is 10.2. The van der Waals surface area contributed by atoms with Gasteiger partial charge in [-0.25, -0.2) is 0 Å². The van der Waals surface area contributed by atoms with Crippen molar-refractivity contribution in [1.29, 1.82) is 0 Å². The van der Waals surface area contributed by atoms with E-state index in [-0.39, 0.29) is 0 Å². The van der Waals surface area contributed by atoms with E-state index in [0.29, 0.717) is 12.0 Å². The van der Waals surface area contributed by atoms with Crippen LogP contribution >= 0.6 is 27.5 Å².